The first-order chi connectivity index (χ1) is 9.16. The minimum atomic E-state index is 0.0551. The zero-order valence-corrected chi connectivity index (χ0v) is 11.9. The Bertz CT molecular complexity index is 382. The molecular formula is C15H24N2O2. The van der Waals surface area contributed by atoms with Crippen LogP contribution in [0.5, 0.6) is 0 Å². The van der Waals surface area contributed by atoms with Gasteiger partial charge in [-0.3, -0.25) is 9.69 Å². The molecule has 0 aromatic heterocycles. The Labute approximate surface area is 115 Å². The van der Waals surface area contributed by atoms with Crippen LogP contribution >= 0.6 is 0 Å². The van der Waals surface area contributed by atoms with E-state index in [1.54, 1.807) is 0 Å². The maximum absolute atomic E-state index is 12.0. The van der Waals surface area contributed by atoms with Gasteiger partial charge < -0.3 is 10.1 Å². The number of amides is 1. The predicted molar refractivity (Wildman–Crippen MR) is 75.9 cm³/mol. The van der Waals surface area contributed by atoms with Crippen LogP contribution in [0, 0.1) is 5.92 Å². The normalized spacial score (nSPS) is 24.6. The van der Waals surface area contributed by atoms with Crippen molar-refractivity contribution in [1.82, 2.24) is 10.2 Å². The van der Waals surface area contributed by atoms with Crippen molar-refractivity contribution in [3.63, 3.8) is 0 Å². The van der Waals surface area contributed by atoms with Crippen LogP contribution in [0.4, 0.5) is 0 Å². The van der Waals surface area contributed by atoms with Crippen molar-refractivity contribution in [1.29, 1.82) is 0 Å². The first-order valence-electron chi connectivity index (χ1n) is 7.13. The SMILES string of the molecule is CC1=CC(C(=O)NCCN2CCOCC2)=CC[C@@H]1C. The predicted octanol–water partition coefficient (Wildman–Crippen LogP) is 1.35. The molecule has 0 radical (unpaired) electrons. The van der Waals surface area contributed by atoms with E-state index in [1.807, 2.05) is 12.2 Å². The first kappa shape index (κ1) is 14.3. The average molecular weight is 264 g/mol. The molecule has 4 heteroatoms. The number of morpholine rings is 1. The van der Waals surface area contributed by atoms with E-state index in [9.17, 15) is 4.79 Å². The summed E-state index contributed by atoms with van der Waals surface area (Å²) in [7, 11) is 0. The van der Waals surface area contributed by atoms with Gasteiger partial charge in [0.15, 0.2) is 0 Å². The number of carbonyl (C=O) groups excluding carboxylic acids is 1. The van der Waals surface area contributed by atoms with E-state index in [0.29, 0.717) is 12.5 Å². The Balaban J connectivity index is 1.72. The quantitative estimate of drug-likeness (QED) is 0.833. The molecule has 1 aliphatic heterocycles. The maximum Gasteiger partial charge on any atom is 0.250 e. The van der Waals surface area contributed by atoms with Crippen molar-refractivity contribution in [2.24, 2.45) is 5.92 Å². The largest absolute Gasteiger partial charge is 0.379 e. The summed E-state index contributed by atoms with van der Waals surface area (Å²) < 4.78 is 5.30. The van der Waals surface area contributed by atoms with Crippen molar-refractivity contribution in [2.75, 3.05) is 39.4 Å². The first-order valence-corrected chi connectivity index (χ1v) is 7.13. The lowest BCUT2D eigenvalue weighted by Crippen LogP contribution is -2.41. The van der Waals surface area contributed by atoms with Crippen LogP contribution in [0.25, 0.3) is 0 Å². The van der Waals surface area contributed by atoms with Gasteiger partial charge in [-0.1, -0.05) is 24.6 Å². The van der Waals surface area contributed by atoms with E-state index in [-0.39, 0.29) is 5.91 Å². The summed E-state index contributed by atoms with van der Waals surface area (Å²) >= 11 is 0. The molecule has 1 heterocycles. The van der Waals surface area contributed by atoms with Crippen LogP contribution in [-0.2, 0) is 9.53 Å². The number of allylic oxidation sites excluding steroid dienone is 2. The van der Waals surface area contributed by atoms with Crippen molar-refractivity contribution in [2.45, 2.75) is 20.3 Å². The number of nitrogens with zero attached hydrogens (tertiary/aromatic N) is 1. The number of hydrogen-bond donors (Lipinski definition) is 1. The molecule has 1 fully saturated rings. The Kier molecular flexibility index (Phi) is 5.16. The highest BCUT2D eigenvalue weighted by Crippen LogP contribution is 2.22. The number of carbonyl (C=O) groups is 1. The van der Waals surface area contributed by atoms with Gasteiger partial charge in [-0.25, -0.2) is 0 Å². The zero-order valence-electron chi connectivity index (χ0n) is 11.9. The van der Waals surface area contributed by atoms with E-state index < -0.39 is 0 Å². The topological polar surface area (TPSA) is 41.6 Å². The van der Waals surface area contributed by atoms with Crippen molar-refractivity contribution in [3.8, 4) is 0 Å². The number of nitrogens with one attached hydrogen (secondary N) is 1. The van der Waals surface area contributed by atoms with E-state index in [1.165, 1.54) is 5.57 Å². The minimum absolute atomic E-state index is 0.0551. The molecule has 0 bridgehead atoms. The summed E-state index contributed by atoms with van der Waals surface area (Å²) in [5.74, 6) is 0.615. The van der Waals surface area contributed by atoms with Crippen LogP contribution in [-0.4, -0.2) is 50.2 Å². The molecule has 1 aliphatic carbocycles. The number of hydrogen-bond acceptors (Lipinski definition) is 3. The molecule has 0 saturated carbocycles. The lowest BCUT2D eigenvalue weighted by Gasteiger charge is -2.26. The molecule has 4 nitrogen and oxygen atoms in total. The fraction of sp³-hybridized carbons (Fsp3) is 0.667. The summed E-state index contributed by atoms with van der Waals surface area (Å²) in [6.07, 6.45) is 5.02. The monoisotopic (exact) mass is 264 g/mol. The van der Waals surface area contributed by atoms with Crippen LogP contribution in [0.1, 0.15) is 20.3 Å². The molecule has 1 amide bonds. The molecule has 1 saturated heterocycles. The zero-order chi connectivity index (χ0) is 13.7. The highest BCUT2D eigenvalue weighted by atomic mass is 16.5. The molecular weight excluding hydrogens is 240 g/mol. The molecule has 106 valence electrons. The molecule has 1 atom stereocenters. The molecule has 0 spiro atoms. The summed E-state index contributed by atoms with van der Waals surface area (Å²) in [5.41, 5.74) is 2.11. The van der Waals surface area contributed by atoms with Crippen LogP contribution in [0.2, 0.25) is 0 Å². The summed E-state index contributed by atoms with van der Waals surface area (Å²) in [6.45, 7) is 9.44. The van der Waals surface area contributed by atoms with Gasteiger partial charge in [0, 0.05) is 31.8 Å². The standard InChI is InChI=1S/C15H24N2O2/c1-12-3-4-14(11-13(12)2)15(18)16-5-6-17-7-9-19-10-8-17/h4,11-12H,3,5-10H2,1-2H3,(H,16,18)/t12-/m0/s1. The smallest absolute Gasteiger partial charge is 0.250 e. The number of rotatable bonds is 4. The third-order valence-corrected chi connectivity index (χ3v) is 3.93. The maximum atomic E-state index is 12.0. The Morgan fingerprint density at radius 1 is 1.47 bits per heavy atom. The summed E-state index contributed by atoms with van der Waals surface area (Å²) in [5, 5.41) is 3.00. The van der Waals surface area contributed by atoms with Gasteiger partial charge in [-0.2, -0.15) is 0 Å². The highest BCUT2D eigenvalue weighted by Gasteiger charge is 2.15. The van der Waals surface area contributed by atoms with Crippen LogP contribution < -0.4 is 5.32 Å². The van der Waals surface area contributed by atoms with E-state index >= 15 is 0 Å². The molecule has 0 aromatic rings. The minimum Gasteiger partial charge on any atom is -0.379 e. The lowest BCUT2D eigenvalue weighted by molar-refractivity contribution is -0.117. The molecule has 19 heavy (non-hydrogen) atoms. The van der Waals surface area contributed by atoms with Gasteiger partial charge in [-0.05, 0) is 19.3 Å². The summed E-state index contributed by atoms with van der Waals surface area (Å²) in [6, 6.07) is 0. The second-order valence-electron chi connectivity index (χ2n) is 5.39. The van der Waals surface area contributed by atoms with Gasteiger partial charge >= 0.3 is 0 Å². The fourth-order valence-electron chi connectivity index (χ4n) is 2.35. The van der Waals surface area contributed by atoms with Gasteiger partial charge in [0.2, 0.25) is 0 Å². The lowest BCUT2D eigenvalue weighted by atomic mass is 9.91. The molecule has 0 unspecified atom stereocenters. The second kappa shape index (κ2) is 6.87. The van der Waals surface area contributed by atoms with Gasteiger partial charge in [-0.15, -0.1) is 0 Å². The molecule has 2 rings (SSSR count). The number of ether oxygens (including phenoxy) is 1. The van der Waals surface area contributed by atoms with E-state index in [4.69, 9.17) is 4.74 Å². The van der Waals surface area contributed by atoms with E-state index in [2.05, 4.69) is 24.1 Å². The van der Waals surface area contributed by atoms with Crippen molar-refractivity contribution in [3.05, 3.63) is 23.3 Å². The fourth-order valence-corrected chi connectivity index (χ4v) is 2.35. The van der Waals surface area contributed by atoms with Crippen LogP contribution in [0.15, 0.2) is 23.3 Å². The van der Waals surface area contributed by atoms with Crippen molar-refractivity contribution < 1.29 is 9.53 Å². The van der Waals surface area contributed by atoms with Gasteiger partial charge in [0.05, 0.1) is 13.2 Å². The molecule has 0 aromatic carbocycles. The van der Waals surface area contributed by atoms with Gasteiger partial charge in [0.25, 0.3) is 5.91 Å². The van der Waals surface area contributed by atoms with Gasteiger partial charge in [0.1, 0.15) is 0 Å². The van der Waals surface area contributed by atoms with E-state index in [0.717, 1.165) is 44.8 Å². The highest BCUT2D eigenvalue weighted by molar-refractivity contribution is 5.96. The average Bonchev–Trinajstić information content (AvgIpc) is 2.43. The van der Waals surface area contributed by atoms with Crippen LogP contribution in [0.3, 0.4) is 0 Å². The summed E-state index contributed by atoms with van der Waals surface area (Å²) in [4.78, 5) is 14.3. The second-order valence-corrected chi connectivity index (χ2v) is 5.39. The van der Waals surface area contributed by atoms with Crippen molar-refractivity contribution >= 4 is 5.91 Å². The molecule has 2 aliphatic rings. The molecule has 1 N–H and O–H groups in total. The Morgan fingerprint density at radius 3 is 2.89 bits per heavy atom. The Hall–Kier alpha value is -1.13. The Morgan fingerprint density at radius 2 is 2.21 bits per heavy atom. The third kappa shape index (κ3) is 4.18. The third-order valence-electron chi connectivity index (χ3n) is 3.93.